The van der Waals surface area contributed by atoms with Crippen LogP contribution in [0.2, 0.25) is 0 Å². The molecule has 0 bridgehead atoms. The fraction of sp³-hybridized carbons (Fsp3) is 0.556. The average molecular weight is 230 g/mol. The van der Waals surface area contributed by atoms with Crippen molar-refractivity contribution in [3.8, 4) is 0 Å². The minimum Gasteiger partial charge on any atom is -0.461 e. The van der Waals surface area contributed by atoms with Gasteiger partial charge in [0.25, 0.3) is 0 Å². The van der Waals surface area contributed by atoms with Crippen LogP contribution in [0.15, 0.2) is 5.38 Å². The number of ether oxygens (including phenoxy) is 1. The van der Waals surface area contributed by atoms with E-state index >= 15 is 0 Å². The largest absolute Gasteiger partial charge is 0.461 e. The van der Waals surface area contributed by atoms with Gasteiger partial charge in [-0.15, -0.1) is 11.3 Å². The zero-order chi connectivity index (χ0) is 10.8. The maximum atomic E-state index is 12.6. The fourth-order valence-corrected chi connectivity index (χ4v) is 2.10. The molecule has 0 spiro atoms. The molecule has 0 amide bonds. The summed E-state index contributed by atoms with van der Waals surface area (Å²) in [5.74, 6) is -0.419. The number of esters is 1. The predicted octanol–water partition coefficient (Wildman–Crippen LogP) is 1.48. The van der Waals surface area contributed by atoms with Gasteiger partial charge in [-0.2, -0.15) is 0 Å². The Morgan fingerprint density at radius 3 is 3.13 bits per heavy atom. The summed E-state index contributed by atoms with van der Waals surface area (Å²) in [5, 5.41) is 2.32. The highest BCUT2D eigenvalue weighted by molar-refractivity contribution is 7.13. The van der Waals surface area contributed by atoms with Crippen molar-refractivity contribution in [2.45, 2.75) is 13.1 Å². The standard InChI is InChI=1S/C9H11FN2O2S/c1-2-14-8(13)7-5-15-9(11-7)12-3-6(10)4-12/h5-6H,2-4H2,1H3. The molecule has 1 aliphatic heterocycles. The molecule has 0 aliphatic carbocycles. The molecule has 0 N–H and O–H groups in total. The van der Waals surface area contributed by atoms with Crippen molar-refractivity contribution in [2.75, 3.05) is 24.6 Å². The second kappa shape index (κ2) is 4.14. The molecule has 15 heavy (non-hydrogen) atoms. The Kier molecular flexibility index (Phi) is 2.86. The number of rotatable bonds is 3. The number of thiazole rings is 1. The Labute approximate surface area is 90.7 Å². The molecular weight excluding hydrogens is 219 g/mol. The van der Waals surface area contributed by atoms with Crippen molar-refractivity contribution in [3.05, 3.63) is 11.1 Å². The van der Waals surface area contributed by atoms with Gasteiger partial charge in [0.15, 0.2) is 10.8 Å². The van der Waals surface area contributed by atoms with Crippen molar-refractivity contribution < 1.29 is 13.9 Å². The SMILES string of the molecule is CCOC(=O)c1csc(N2CC(F)C2)n1. The topological polar surface area (TPSA) is 42.4 Å². The summed E-state index contributed by atoms with van der Waals surface area (Å²) >= 11 is 1.34. The maximum Gasteiger partial charge on any atom is 0.357 e. The molecule has 0 unspecified atom stereocenters. The van der Waals surface area contributed by atoms with E-state index in [1.165, 1.54) is 11.3 Å². The van der Waals surface area contributed by atoms with Gasteiger partial charge in [0.1, 0.15) is 6.17 Å². The second-order valence-corrected chi connectivity index (χ2v) is 4.07. The molecule has 4 nitrogen and oxygen atoms in total. The zero-order valence-electron chi connectivity index (χ0n) is 8.27. The third-order valence-corrected chi connectivity index (χ3v) is 2.99. The summed E-state index contributed by atoms with van der Waals surface area (Å²) in [5.41, 5.74) is 0.305. The molecule has 2 rings (SSSR count). The Balaban J connectivity index is 2.01. The van der Waals surface area contributed by atoms with Gasteiger partial charge in [-0.3, -0.25) is 0 Å². The van der Waals surface area contributed by atoms with E-state index in [2.05, 4.69) is 4.98 Å². The zero-order valence-corrected chi connectivity index (χ0v) is 9.09. The summed E-state index contributed by atoms with van der Waals surface area (Å²) in [6.07, 6.45) is -0.764. The number of alkyl halides is 1. The van der Waals surface area contributed by atoms with Crippen molar-refractivity contribution in [3.63, 3.8) is 0 Å². The molecule has 0 saturated carbocycles. The van der Waals surface area contributed by atoms with Crippen molar-refractivity contribution in [2.24, 2.45) is 0 Å². The van der Waals surface area contributed by atoms with E-state index in [0.717, 1.165) is 0 Å². The fourth-order valence-electron chi connectivity index (χ4n) is 1.29. The van der Waals surface area contributed by atoms with Gasteiger partial charge in [-0.1, -0.05) is 0 Å². The van der Waals surface area contributed by atoms with Crippen molar-refractivity contribution in [1.82, 2.24) is 4.98 Å². The van der Waals surface area contributed by atoms with E-state index in [0.29, 0.717) is 30.5 Å². The molecule has 1 fully saturated rings. The summed E-state index contributed by atoms with van der Waals surface area (Å²) in [4.78, 5) is 17.2. The molecule has 0 atom stereocenters. The lowest BCUT2D eigenvalue weighted by atomic mass is 10.2. The van der Waals surface area contributed by atoms with Gasteiger partial charge in [0, 0.05) is 5.38 Å². The van der Waals surface area contributed by atoms with Crippen molar-refractivity contribution >= 4 is 22.4 Å². The summed E-state index contributed by atoms with van der Waals surface area (Å²) < 4.78 is 17.4. The van der Waals surface area contributed by atoms with Crippen LogP contribution in [0.4, 0.5) is 9.52 Å². The van der Waals surface area contributed by atoms with E-state index < -0.39 is 12.1 Å². The van der Waals surface area contributed by atoms with E-state index in [1.54, 1.807) is 17.2 Å². The number of halogens is 1. The van der Waals surface area contributed by atoms with Crippen molar-refractivity contribution in [1.29, 1.82) is 0 Å². The van der Waals surface area contributed by atoms with E-state index in [4.69, 9.17) is 4.74 Å². The third-order valence-electron chi connectivity index (χ3n) is 2.08. The highest BCUT2D eigenvalue weighted by Gasteiger charge is 2.28. The van der Waals surface area contributed by atoms with E-state index in [1.807, 2.05) is 0 Å². The lowest BCUT2D eigenvalue weighted by Gasteiger charge is -2.33. The number of nitrogens with zero attached hydrogens (tertiary/aromatic N) is 2. The van der Waals surface area contributed by atoms with Gasteiger partial charge in [0.05, 0.1) is 19.7 Å². The minimum atomic E-state index is -0.764. The van der Waals surface area contributed by atoms with Crippen LogP contribution in [0, 0.1) is 0 Å². The first-order chi connectivity index (χ1) is 7.20. The van der Waals surface area contributed by atoms with E-state index in [9.17, 15) is 9.18 Å². The average Bonchev–Trinajstić information content (AvgIpc) is 2.62. The van der Waals surface area contributed by atoms with Gasteiger partial charge >= 0.3 is 5.97 Å². The highest BCUT2D eigenvalue weighted by atomic mass is 32.1. The van der Waals surface area contributed by atoms with Gasteiger partial charge < -0.3 is 9.64 Å². The van der Waals surface area contributed by atoms with Crippen LogP contribution in [0.5, 0.6) is 0 Å². The lowest BCUT2D eigenvalue weighted by molar-refractivity contribution is 0.0520. The van der Waals surface area contributed by atoms with Crippen LogP contribution in [0.25, 0.3) is 0 Å². The highest BCUT2D eigenvalue weighted by Crippen LogP contribution is 2.26. The lowest BCUT2D eigenvalue weighted by Crippen LogP contribution is -2.48. The van der Waals surface area contributed by atoms with Crippen LogP contribution in [-0.4, -0.2) is 36.8 Å². The van der Waals surface area contributed by atoms with Crippen LogP contribution in [0.3, 0.4) is 0 Å². The molecule has 82 valence electrons. The van der Waals surface area contributed by atoms with Crippen LogP contribution in [0.1, 0.15) is 17.4 Å². The summed E-state index contributed by atoms with van der Waals surface area (Å²) in [7, 11) is 0. The van der Waals surface area contributed by atoms with Gasteiger partial charge in [0.2, 0.25) is 0 Å². The second-order valence-electron chi connectivity index (χ2n) is 3.24. The quantitative estimate of drug-likeness (QED) is 0.738. The molecule has 6 heteroatoms. The van der Waals surface area contributed by atoms with Gasteiger partial charge in [-0.05, 0) is 6.92 Å². The number of anilines is 1. The molecule has 0 aromatic carbocycles. The third kappa shape index (κ3) is 2.09. The maximum absolute atomic E-state index is 12.6. The minimum absolute atomic E-state index is 0.305. The Bertz CT molecular complexity index is 363. The number of hydrogen-bond acceptors (Lipinski definition) is 5. The van der Waals surface area contributed by atoms with Gasteiger partial charge in [-0.25, -0.2) is 14.2 Å². The summed E-state index contributed by atoms with van der Waals surface area (Å²) in [6.45, 7) is 2.82. The Hall–Kier alpha value is -1.17. The smallest absolute Gasteiger partial charge is 0.357 e. The van der Waals surface area contributed by atoms with E-state index in [-0.39, 0.29) is 0 Å². The molecular formula is C9H11FN2O2S. The Morgan fingerprint density at radius 2 is 2.53 bits per heavy atom. The number of carbonyl (C=O) groups is 1. The van der Waals surface area contributed by atoms with Crippen LogP contribution >= 0.6 is 11.3 Å². The first-order valence-corrected chi connectivity index (χ1v) is 5.60. The molecule has 1 aromatic heterocycles. The monoisotopic (exact) mass is 230 g/mol. The van der Waals surface area contributed by atoms with Crippen LogP contribution in [-0.2, 0) is 4.74 Å². The van der Waals surface area contributed by atoms with Crippen LogP contribution < -0.4 is 4.90 Å². The summed E-state index contributed by atoms with van der Waals surface area (Å²) in [6, 6.07) is 0. The predicted molar refractivity (Wildman–Crippen MR) is 55.2 cm³/mol. The Morgan fingerprint density at radius 1 is 1.80 bits per heavy atom. The molecule has 1 aliphatic rings. The number of aromatic nitrogens is 1. The number of carbonyl (C=O) groups excluding carboxylic acids is 1. The molecule has 1 saturated heterocycles. The first kappa shape index (κ1) is 10.4. The first-order valence-electron chi connectivity index (χ1n) is 4.72. The molecule has 2 heterocycles. The molecule has 0 radical (unpaired) electrons. The normalized spacial score (nSPS) is 16.3. The molecule has 1 aromatic rings. The number of hydrogen-bond donors (Lipinski definition) is 0.